The molecule has 2 heterocycles. The topological polar surface area (TPSA) is 54.5 Å². The predicted molar refractivity (Wildman–Crippen MR) is 126 cm³/mol. The van der Waals surface area contributed by atoms with Gasteiger partial charge in [-0.05, 0) is 30.2 Å². The molecule has 0 unspecified atom stereocenters. The zero-order valence-electron chi connectivity index (χ0n) is 16.9. The van der Waals surface area contributed by atoms with E-state index in [9.17, 15) is 4.79 Å². The van der Waals surface area contributed by atoms with Crippen molar-refractivity contribution in [2.45, 2.75) is 32.4 Å². The first-order chi connectivity index (χ1) is 15.1. The highest BCUT2D eigenvalue weighted by Gasteiger charge is 2.21. The number of aromatic nitrogens is 1. The van der Waals surface area contributed by atoms with Crippen LogP contribution in [0.4, 0.5) is 5.13 Å². The molecular formula is C23H23Cl2N3O2S. The Morgan fingerprint density at radius 3 is 2.84 bits per heavy atom. The number of fused-ring (bicyclic) bond motifs is 1. The molecule has 1 aromatic heterocycles. The van der Waals surface area contributed by atoms with Gasteiger partial charge in [0.1, 0.15) is 5.75 Å². The van der Waals surface area contributed by atoms with E-state index in [2.05, 4.69) is 39.5 Å². The third-order valence-electron chi connectivity index (χ3n) is 5.01. The molecule has 1 aliphatic rings. The number of halogens is 2. The number of rotatable bonds is 8. The SMILES string of the molecule is O=C(CCCOc1ccc(Cl)cc1Cl)Nc1nc2c(s1)CN(Cc1ccccc1)CC2. The Bertz CT molecular complexity index is 1040. The van der Waals surface area contributed by atoms with Crippen LogP contribution < -0.4 is 10.1 Å². The summed E-state index contributed by atoms with van der Waals surface area (Å²) in [6.07, 6.45) is 1.85. The molecule has 5 nitrogen and oxygen atoms in total. The predicted octanol–water partition coefficient (Wildman–Crippen LogP) is 5.81. The van der Waals surface area contributed by atoms with Crippen molar-refractivity contribution in [3.05, 3.63) is 74.7 Å². The van der Waals surface area contributed by atoms with E-state index >= 15 is 0 Å². The summed E-state index contributed by atoms with van der Waals surface area (Å²) in [4.78, 5) is 20.6. The molecule has 2 aromatic carbocycles. The van der Waals surface area contributed by atoms with Crippen molar-refractivity contribution in [2.75, 3.05) is 18.5 Å². The molecule has 1 N–H and O–H groups in total. The van der Waals surface area contributed by atoms with Crippen LogP contribution in [0.15, 0.2) is 48.5 Å². The Kier molecular flexibility index (Phi) is 7.45. The fourth-order valence-electron chi connectivity index (χ4n) is 3.47. The van der Waals surface area contributed by atoms with E-state index in [-0.39, 0.29) is 5.91 Å². The minimum Gasteiger partial charge on any atom is -0.492 e. The van der Waals surface area contributed by atoms with Gasteiger partial charge >= 0.3 is 0 Å². The molecule has 0 atom stereocenters. The molecular weight excluding hydrogens is 453 g/mol. The van der Waals surface area contributed by atoms with Crippen molar-refractivity contribution in [1.82, 2.24) is 9.88 Å². The van der Waals surface area contributed by atoms with Gasteiger partial charge in [-0.15, -0.1) is 11.3 Å². The van der Waals surface area contributed by atoms with Crippen molar-refractivity contribution in [1.29, 1.82) is 0 Å². The Morgan fingerprint density at radius 2 is 2.03 bits per heavy atom. The number of anilines is 1. The third-order valence-corrected chi connectivity index (χ3v) is 6.53. The fourth-order valence-corrected chi connectivity index (χ4v) is 5.00. The van der Waals surface area contributed by atoms with E-state index in [1.165, 1.54) is 10.4 Å². The number of nitrogens with zero attached hydrogens (tertiary/aromatic N) is 2. The molecule has 162 valence electrons. The van der Waals surface area contributed by atoms with Crippen LogP contribution in [0.2, 0.25) is 10.0 Å². The first kappa shape index (κ1) is 22.1. The number of carbonyl (C=O) groups excluding carboxylic acids is 1. The van der Waals surface area contributed by atoms with Gasteiger partial charge in [-0.1, -0.05) is 53.5 Å². The molecule has 4 rings (SSSR count). The summed E-state index contributed by atoms with van der Waals surface area (Å²) in [6.45, 7) is 3.17. The quantitative estimate of drug-likeness (QED) is 0.417. The van der Waals surface area contributed by atoms with Crippen molar-refractivity contribution in [2.24, 2.45) is 0 Å². The molecule has 31 heavy (non-hydrogen) atoms. The number of thiazole rings is 1. The minimum absolute atomic E-state index is 0.0574. The maximum absolute atomic E-state index is 12.3. The first-order valence-electron chi connectivity index (χ1n) is 10.2. The van der Waals surface area contributed by atoms with Crippen LogP contribution in [0.1, 0.15) is 29.0 Å². The minimum atomic E-state index is -0.0574. The van der Waals surface area contributed by atoms with Crippen LogP contribution in [0.25, 0.3) is 0 Å². The van der Waals surface area contributed by atoms with Gasteiger partial charge in [0.2, 0.25) is 5.91 Å². The maximum Gasteiger partial charge on any atom is 0.226 e. The number of nitrogens with one attached hydrogen (secondary N) is 1. The molecule has 1 amide bonds. The lowest BCUT2D eigenvalue weighted by atomic mass is 10.1. The van der Waals surface area contributed by atoms with E-state index in [0.29, 0.717) is 40.4 Å². The first-order valence-corrected chi connectivity index (χ1v) is 11.8. The molecule has 8 heteroatoms. The number of amides is 1. The Hall–Kier alpha value is -2.12. The Morgan fingerprint density at radius 1 is 1.19 bits per heavy atom. The molecule has 0 radical (unpaired) electrons. The number of ether oxygens (including phenoxy) is 1. The average molecular weight is 476 g/mol. The van der Waals surface area contributed by atoms with Gasteiger partial charge in [0.05, 0.1) is 17.3 Å². The van der Waals surface area contributed by atoms with Crippen LogP contribution in [0.3, 0.4) is 0 Å². The second-order valence-corrected chi connectivity index (χ2v) is 9.34. The number of hydrogen-bond acceptors (Lipinski definition) is 5. The van der Waals surface area contributed by atoms with Gasteiger partial charge in [-0.3, -0.25) is 9.69 Å². The zero-order valence-corrected chi connectivity index (χ0v) is 19.3. The molecule has 1 aliphatic heterocycles. The Labute approximate surface area is 196 Å². The van der Waals surface area contributed by atoms with Gasteiger partial charge in [-0.2, -0.15) is 0 Å². The second kappa shape index (κ2) is 10.5. The highest BCUT2D eigenvalue weighted by atomic mass is 35.5. The van der Waals surface area contributed by atoms with E-state index in [1.807, 2.05) is 6.07 Å². The van der Waals surface area contributed by atoms with Crippen LogP contribution in [0, 0.1) is 0 Å². The second-order valence-electron chi connectivity index (χ2n) is 7.41. The summed E-state index contributed by atoms with van der Waals surface area (Å²) >= 11 is 13.5. The van der Waals surface area contributed by atoms with Gasteiger partial charge in [0.25, 0.3) is 0 Å². The van der Waals surface area contributed by atoms with E-state index < -0.39 is 0 Å². The van der Waals surface area contributed by atoms with E-state index in [1.54, 1.807) is 29.5 Å². The molecule has 0 fully saturated rings. The van der Waals surface area contributed by atoms with Gasteiger partial charge in [-0.25, -0.2) is 4.98 Å². The van der Waals surface area contributed by atoms with Crippen molar-refractivity contribution in [3.63, 3.8) is 0 Å². The van der Waals surface area contributed by atoms with Crippen LogP contribution >= 0.6 is 34.5 Å². The van der Waals surface area contributed by atoms with Crippen LogP contribution in [0.5, 0.6) is 5.75 Å². The summed E-state index contributed by atoms with van der Waals surface area (Å²) in [6, 6.07) is 15.6. The van der Waals surface area contributed by atoms with Crippen molar-refractivity contribution < 1.29 is 9.53 Å². The molecule has 3 aromatic rings. The highest BCUT2D eigenvalue weighted by molar-refractivity contribution is 7.15. The summed E-state index contributed by atoms with van der Waals surface area (Å²) in [7, 11) is 0. The van der Waals surface area contributed by atoms with Crippen LogP contribution in [-0.4, -0.2) is 28.9 Å². The zero-order chi connectivity index (χ0) is 21.6. The van der Waals surface area contributed by atoms with Crippen molar-refractivity contribution >= 4 is 45.6 Å². The molecule has 0 saturated carbocycles. The third kappa shape index (κ3) is 6.20. The lowest BCUT2D eigenvalue weighted by Gasteiger charge is -2.25. The summed E-state index contributed by atoms with van der Waals surface area (Å²) in [5.74, 6) is 0.511. The number of hydrogen-bond donors (Lipinski definition) is 1. The molecule has 0 bridgehead atoms. The van der Waals surface area contributed by atoms with Gasteiger partial charge < -0.3 is 10.1 Å². The maximum atomic E-state index is 12.3. The summed E-state index contributed by atoms with van der Waals surface area (Å²) in [5, 5.41) is 4.64. The largest absolute Gasteiger partial charge is 0.492 e. The lowest BCUT2D eigenvalue weighted by Crippen LogP contribution is -2.29. The standard InChI is InChI=1S/C23H23Cl2N3O2S/c24-17-8-9-20(18(25)13-17)30-12-4-7-22(29)27-23-26-19-10-11-28(15-21(19)31-23)14-16-5-2-1-3-6-16/h1-3,5-6,8-9,13H,4,7,10-12,14-15H2,(H,26,27,29). The molecule has 0 spiro atoms. The fraction of sp³-hybridized carbons (Fsp3) is 0.304. The normalized spacial score (nSPS) is 13.6. The Balaban J connectivity index is 1.22. The number of carbonyl (C=O) groups is 1. The molecule has 0 saturated heterocycles. The average Bonchev–Trinajstić information content (AvgIpc) is 3.14. The highest BCUT2D eigenvalue weighted by Crippen LogP contribution is 2.30. The smallest absolute Gasteiger partial charge is 0.226 e. The van der Waals surface area contributed by atoms with E-state index in [0.717, 1.165) is 31.7 Å². The molecule has 0 aliphatic carbocycles. The summed E-state index contributed by atoms with van der Waals surface area (Å²) in [5.41, 5.74) is 2.41. The van der Waals surface area contributed by atoms with Gasteiger partial charge in [0, 0.05) is 42.4 Å². The monoisotopic (exact) mass is 475 g/mol. The van der Waals surface area contributed by atoms with Crippen LogP contribution in [-0.2, 0) is 24.3 Å². The van der Waals surface area contributed by atoms with E-state index in [4.69, 9.17) is 27.9 Å². The summed E-state index contributed by atoms with van der Waals surface area (Å²) < 4.78 is 5.63. The van der Waals surface area contributed by atoms with Crippen molar-refractivity contribution in [3.8, 4) is 5.75 Å². The number of benzene rings is 2. The van der Waals surface area contributed by atoms with Gasteiger partial charge in [0.15, 0.2) is 5.13 Å². The lowest BCUT2D eigenvalue weighted by molar-refractivity contribution is -0.116.